The van der Waals surface area contributed by atoms with Crippen molar-refractivity contribution in [3.63, 3.8) is 0 Å². The van der Waals surface area contributed by atoms with Gasteiger partial charge in [0, 0.05) is 5.56 Å². The molecule has 2 rings (SSSR count). The quantitative estimate of drug-likeness (QED) is 0.801. The summed E-state index contributed by atoms with van der Waals surface area (Å²) in [4.78, 5) is 23.3. The van der Waals surface area contributed by atoms with Crippen molar-refractivity contribution in [2.75, 3.05) is 0 Å². The molecule has 0 atom stereocenters. The predicted molar refractivity (Wildman–Crippen MR) is 79.8 cm³/mol. The number of rotatable bonds is 4. The lowest BCUT2D eigenvalue weighted by atomic mass is 10.0. The van der Waals surface area contributed by atoms with Crippen LogP contribution in [-0.2, 0) is 4.79 Å². The van der Waals surface area contributed by atoms with Crippen molar-refractivity contribution >= 4 is 23.4 Å². The standard InChI is InChI=1S/C14H15ClN4O2/c1-14(2,13(16)21)17-12(20)11-7-10(18-19-11)8-5-3-4-6-9(8)15/h3-7H,1-2H3,(H2,16,21)(H,17,20)(H,18,19). The summed E-state index contributed by atoms with van der Waals surface area (Å²) >= 11 is 6.08. The molecule has 110 valence electrons. The topological polar surface area (TPSA) is 101 Å². The Bertz CT molecular complexity index is 694. The zero-order valence-corrected chi connectivity index (χ0v) is 12.4. The first kappa shape index (κ1) is 15.1. The number of carbonyl (C=O) groups excluding carboxylic acids is 2. The van der Waals surface area contributed by atoms with Crippen LogP contribution >= 0.6 is 11.6 Å². The van der Waals surface area contributed by atoms with E-state index in [1.165, 1.54) is 13.8 Å². The van der Waals surface area contributed by atoms with E-state index in [2.05, 4.69) is 15.5 Å². The molecule has 4 N–H and O–H groups in total. The number of nitrogens with one attached hydrogen (secondary N) is 2. The van der Waals surface area contributed by atoms with Crippen molar-refractivity contribution in [2.45, 2.75) is 19.4 Å². The molecule has 0 saturated carbocycles. The van der Waals surface area contributed by atoms with Gasteiger partial charge in [-0.15, -0.1) is 0 Å². The molecule has 2 aromatic rings. The Hall–Kier alpha value is -2.34. The maximum absolute atomic E-state index is 12.1. The number of nitrogens with zero attached hydrogens (tertiary/aromatic N) is 1. The van der Waals surface area contributed by atoms with Crippen LogP contribution in [0.25, 0.3) is 11.3 Å². The van der Waals surface area contributed by atoms with Crippen LogP contribution in [0.3, 0.4) is 0 Å². The molecule has 0 aliphatic rings. The van der Waals surface area contributed by atoms with Crippen LogP contribution in [0.4, 0.5) is 0 Å². The number of halogens is 1. The lowest BCUT2D eigenvalue weighted by Crippen LogP contribution is -2.53. The Kier molecular flexibility index (Phi) is 3.99. The van der Waals surface area contributed by atoms with Gasteiger partial charge in [0.2, 0.25) is 5.91 Å². The highest BCUT2D eigenvalue weighted by atomic mass is 35.5. The van der Waals surface area contributed by atoms with Gasteiger partial charge in [-0.1, -0.05) is 29.8 Å². The molecule has 0 fully saturated rings. The largest absolute Gasteiger partial charge is 0.368 e. The van der Waals surface area contributed by atoms with E-state index in [0.29, 0.717) is 16.3 Å². The predicted octanol–water partition coefficient (Wildman–Crippen LogP) is 1.72. The SMILES string of the molecule is CC(C)(NC(=O)c1cc(-c2ccccc2Cl)n[nH]1)C(N)=O. The normalized spacial score (nSPS) is 11.2. The summed E-state index contributed by atoms with van der Waals surface area (Å²) in [5, 5.41) is 9.75. The number of hydrogen-bond donors (Lipinski definition) is 3. The van der Waals surface area contributed by atoms with E-state index in [4.69, 9.17) is 17.3 Å². The van der Waals surface area contributed by atoms with Gasteiger partial charge in [0.25, 0.3) is 5.91 Å². The van der Waals surface area contributed by atoms with Crippen LogP contribution in [0.2, 0.25) is 5.02 Å². The van der Waals surface area contributed by atoms with Gasteiger partial charge in [-0.3, -0.25) is 14.7 Å². The van der Waals surface area contributed by atoms with Crippen molar-refractivity contribution < 1.29 is 9.59 Å². The van der Waals surface area contributed by atoms with Crippen molar-refractivity contribution in [3.05, 3.63) is 41.0 Å². The van der Waals surface area contributed by atoms with Gasteiger partial charge in [0.15, 0.2) is 0 Å². The summed E-state index contributed by atoms with van der Waals surface area (Å²) in [5.74, 6) is -1.09. The van der Waals surface area contributed by atoms with Gasteiger partial charge >= 0.3 is 0 Å². The molecule has 0 aliphatic carbocycles. The van der Waals surface area contributed by atoms with Crippen molar-refractivity contribution in [1.82, 2.24) is 15.5 Å². The summed E-state index contributed by atoms with van der Waals surface area (Å²) in [6.07, 6.45) is 0. The maximum Gasteiger partial charge on any atom is 0.270 e. The molecule has 21 heavy (non-hydrogen) atoms. The van der Waals surface area contributed by atoms with E-state index in [1.807, 2.05) is 12.1 Å². The Labute approximate surface area is 126 Å². The van der Waals surface area contributed by atoms with Crippen LogP contribution in [0, 0.1) is 0 Å². The fraction of sp³-hybridized carbons (Fsp3) is 0.214. The number of aromatic nitrogens is 2. The molecule has 1 aromatic heterocycles. The van der Waals surface area contributed by atoms with Gasteiger partial charge in [-0.25, -0.2) is 0 Å². The third-order valence-electron chi connectivity index (χ3n) is 3.01. The molecular formula is C14H15ClN4O2. The summed E-state index contributed by atoms with van der Waals surface area (Å²) in [7, 11) is 0. The van der Waals surface area contributed by atoms with Crippen molar-refractivity contribution in [1.29, 1.82) is 0 Å². The number of H-pyrrole nitrogens is 1. The highest BCUT2D eigenvalue weighted by Crippen LogP contribution is 2.26. The minimum Gasteiger partial charge on any atom is -0.368 e. The summed E-state index contributed by atoms with van der Waals surface area (Å²) in [5.41, 5.74) is 5.55. The number of primary amides is 1. The average molecular weight is 307 g/mol. The van der Waals surface area contributed by atoms with E-state index >= 15 is 0 Å². The van der Waals surface area contributed by atoms with Gasteiger partial charge in [-0.2, -0.15) is 5.10 Å². The molecular weight excluding hydrogens is 292 g/mol. The lowest BCUT2D eigenvalue weighted by Gasteiger charge is -2.21. The van der Waals surface area contributed by atoms with Crippen LogP contribution in [-0.4, -0.2) is 27.6 Å². The first-order valence-electron chi connectivity index (χ1n) is 6.24. The zero-order valence-electron chi connectivity index (χ0n) is 11.6. The fourth-order valence-corrected chi connectivity index (χ4v) is 1.89. The third-order valence-corrected chi connectivity index (χ3v) is 3.34. The Balaban J connectivity index is 2.23. The van der Waals surface area contributed by atoms with E-state index in [1.54, 1.807) is 18.2 Å². The first-order valence-corrected chi connectivity index (χ1v) is 6.62. The first-order chi connectivity index (χ1) is 9.81. The molecule has 1 heterocycles. The molecule has 7 heteroatoms. The average Bonchev–Trinajstić information content (AvgIpc) is 2.88. The maximum atomic E-state index is 12.1. The number of nitrogens with two attached hydrogens (primary N) is 1. The molecule has 6 nitrogen and oxygen atoms in total. The smallest absolute Gasteiger partial charge is 0.270 e. The highest BCUT2D eigenvalue weighted by molar-refractivity contribution is 6.33. The Morgan fingerprint density at radius 1 is 1.33 bits per heavy atom. The molecule has 0 radical (unpaired) electrons. The molecule has 0 bridgehead atoms. The minimum absolute atomic E-state index is 0.222. The second-order valence-corrected chi connectivity index (χ2v) is 5.50. The van der Waals surface area contributed by atoms with Crippen LogP contribution in [0.5, 0.6) is 0 Å². The monoisotopic (exact) mass is 306 g/mol. The van der Waals surface area contributed by atoms with E-state index in [-0.39, 0.29) is 5.69 Å². The summed E-state index contributed by atoms with van der Waals surface area (Å²) in [6, 6.07) is 8.73. The molecule has 1 aromatic carbocycles. The second-order valence-electron chi connectivity index (χ2n) is 5.09. The van der Waals surface area contributed by atoms with Gasteiger partial charge in [0.05, 0.1) is 10.7 Å². The third kappa shape index (κ3) is 3.22. The number of hydrogen-bond acceptors (Lipinski definition) is 3. The van der Waals surface area contributed by atoms with Gasteiger partial charge in [0.1, 0.15) is 11.2 Å². The van der Waals surface area contributed by atoms with Gasteiger partial charge in [-0.05, 0) is 26.0 Å². The molecule has 0 saturated heterocycles. The molecule has 0 spiro atoms. The second kappa shape index (κ2) is 5.57. The van der Waals surface area contributed by atoms with Gasteiger partial charge < -0.3 is 11.1 Å². The summed E-state index contributed by atoms with van der Waals surface area (Å²) < 4.78 is 0. The van der Waals surface area contributed by atoms with Crippen LogP contribution in [0.15, 0.2) is 30.3 Å². The Morgan fingerprint density at radius 2 is 2.00 bits per heavy atom. The van der Waals surface area contributed by atoms with E-state index in [0.717, 1.165) is 0 Å². The van der Waals surface area contributed by atoms with Crippen molar-refractivity contribution in [3.8, 4) is 11.3 Å². The summed E-state index contributed by atoms with van der Waals surface area (Å²) in [6.45, 7) is 3.05. The lowest BCUT2D eigenvalue weighted by molar-refractivity contribution is -0.122. The van der Waals surface area contributed by atoms with Crippen molar-refractivity contribution in [2.24, 2.45) is 5.73 Å². The van der Waals surface area contributed by atoms with Crippen LogP contribution in [0.1, 0.15) is 24.3 Å². The molecule has 0 aliphatic heterocycles. The molecule has 2 amide bonds. The number of carbonyl (C=O) groups is 2. The molecule has 0 unspecified atom stereocenters. The zero-order chi connectivity index (χ0) is 15.6. The fourth-order valence-electron chi connectivity index (χ4n) is 1.66. The number of aromatic amines is 1. The number of amides is 2. The van der Waals surface area contributed by atoms with Crippen LogP contribution < -0.4 is 11.1 Å². The Morgan fingerprint density at radius 3 is 2.62 bits per heavy atom. The van der Waals surface area contributed by atoms with E-state index < -0.39 is 17.4 Å². The minimum atomic E-state index is -1.15. The number of benzene rings is 1. The van der Waals surface area contributed by atoms with E-state index in [9.17, 15) is 9.59 Å². The highest BCUT2D eigenvalue weighted by Gasteiger charge is 2.28.